The third-order valence-electron chi connectivity index (χ3n) is 26.6. The molecule has 25 rings (SSSR count). The monoisotopic (exact) mass is 2060 g/mol. The van der Waals surface area contributed by atoms with Gasteiger partial charge in [0.25, 0.3) is 0 Å². The van der Waals surface area contributed by atoms with Gasteiger partial charge in [-0.3, -0.25) is 0 Å². The molecule has 0 saturated carbocycles. The third-order valence-corrected chi connectivity index (χ3v) is 28.2. The zero-order valence-corrected chi connectivity index (χ0v) is 83.9. The number of urea groups is 1. The van der Waals surface area contributed by atoms with Crippen molar-refractivity contribution < 1.29 is 83.6 Å². The van der Waals surface area contributed by atoms with Gasteiger partial charge in [-0.15, -0.1) is 11.3 Å². The number of phenolic OH excluding ortho intramolecular Hbond substituents is 1. The molecule has 15 aromatic rings. The number of imidazole rings is 4. The highest BCUT2D eigenvalue weighted by atomic mass is 32.1. The lowest BCUT2D eigenvalue weighted by Gasteiger charge is -2.30. The molecule has 776 valence electrons. The predicted octanol–water partition coefficient (Wildman–Crippen LogP) is 11.9. The minimum atomic E-state index is -4.57. The van der Waals surface area contributed by atoms with Crippen molar-refractivity contribution in [2.75, 3.05) is 201 Å². The van der Waals surface area contributed by atoms with E-state index < -0.39 is 35.8 Å². The number of aromatic nitrogens is 24. The highest BCUT2D eigenvalue weighted by Gasteiger charge is 2.50. The summed E-state index contributed by atoms with van der Waals surface area (Å²) in [5.74, 6) is 9.57. The zero-order chi connectivity index (χ0) is 103. The van der Waals surface area contributed by atoms with E-state index in [9.17, 15) is 36.2 Å². The molecule has 148 heavy (non-hydrogen) atoms. The number of thiophene rings is 1. The Hall–Kier alpha value is -13.8. The molecule has 0 bridgehead atoms. The van der Waals surface area contributed by atoms with Gasteiger partial charge in [0.1, 0.15) is 57.7 Å². The van der Waals surface area contributed by atoms with Gasteiger partial charge in [0, 0.05) is 158 Å². The van der Waals surface area contributed by atoms with Gasteiger partial charge in [-0.2, -0.15) is 26.3 Å². The summed E-state index contributed by atoms with van der Waals surface area (Å²) in [6.45, 7) is 34.4. The molecule has 2 aromatic carbocycles. The van der Waals surface area contributed by atoms with Crippen LogP contribution in [0.1, 0.15) is 105 Å². The van der Waals surface area contributed by atoms with Crippen molar-refractivity contribution in [1.29, 1.82) is 0 Å². The minimum Gasteiger partial charge on any atom is -0.508 e. The van der Waals surface area contributed by atoms with Crippen molar-refractivity contribution in [2.24, 2.45) is 0 Å². The highest BCUT2D eigenvalue weighted by molar-refractivity contribution is 7.20. The van der Waals surface area contributed by atoms with E-state index >= 15 is 0 Å². The quantitative estimate of drug-likeness (QED) is 0.101. The molecule has 2 amide bonds. The fourth-order valence-corrected chi connectivity index (χ4v) is 20.5. The fraction of sp³-hybridized carbons (Fsp3) is 0.480. The van der Waals surface area contributed by atoms with E-state index in [0.29, 0.717) is 217 Å². The van der Waals surface area contributed by atoms with Gasteiger partial charge in [-0.05, 0) is 111 Å². The average molecular weight is 2060 g/mol. The van der Waals surface area contributed by atoms with E-state index in [1.165, 1.54) is 19.6 Å². The first-order valence-corrected chi connectivity index (χ1v) is 49.8. The number of rotatable bonds is 11. The molecule has 5 saturated heterocycles. The Kier molecular flexibility index (Phi) is 28.0. The number of alkyl halides is 6. The number of hydrogen-bond donors (Lipinski definition) is 3. The van der Waals surface area contributed by atoms with Gasteiger partial charge in [0.05, 0.1) is 132 Å². The second-order valence-electron chi connectivity index (χ2n) is 37.8. The first kappa shape index (κ1) is 100. The van der Waals surface area contributed by atoms with Gasteiger partial charge in [-0.1, -0.05) is 12.1 Å². The summed E-state index contributed by atoms with van der Waals surface area (Å²) in [4.78, 5) is 115. The van der Waals surface area contributed by atoms with Crippen LogP contribution in [0.3, 0.4) is 0 Å². The van der Waals surface area contributed by atoms with Crippen LogP contribution in [0.25, 0.3) is 112 Å². The van der Waals surface area contributed by atoms with Crippen LogP contribution in [-0.2, 0) is 96.8 Å². The molecule has 13 aromatic heterocycles. The maximum atomic E-state index is 13.5. The third kappa shape index (κ3) is 20.5. The number of morpholine rings is 5. The maximum absolute atomic E-state index is 13.5. The first-order chi connectivity index (χ1) is 71.3. The van der Waals surface area contributed by atoms with Crippen LogP contribution in [0.4, 0.5) is 65.9 Å². The number of anilines is 6. The van der Waals surface area contributed by atoms with E-state index in [2.05, 4.69) is 108 Å². The number of aromatic hydroxyl groups is 1. The summed E-state index contributed by atoms with van der Waals surface area (Å²) in [5, 5.41) is 15.2. The van der Waals surface area contributed by atoms with Gasteiger partial charge in [0.2, 0.25) is 12.2 Å². The lowest BCUT2D eigenvalue weighted by atomic mass is 9.97. The van der Waals surface area contributed by atoms with Crippen molar-refractivity contribution in [2.45, 2.75) is 136 Å². The molecule has 2 atom stereocenters. The molecular formula is C98H109F6N31O12S. The fourth-order valence-electron chi connectivity index (χ4n) is 19.1. The molecule has 10 aliphatic heterocycles. The summed E-state index contributed by atoms with van der Waals surface area (Å²) in [7, 11) is 1.58. The average Bonchev–Trinajstić information content (AvgIpc) is 1.60. The standard InChI is InChI=1S/C22H27N7O3.C20H23N5O3.C20H23N5O2S.2C18H18F3N7O2/c1-22(2)20-25-16-18(28-8-11-31-12-9-28)26-17(27-19(16)29(20)10-13-32-22)14-4-6-15(7-5-14)24-21(30)23-3;1-20(2)19-21-15-17(24-6-9-27-10-7-24)22-16(13-4-3-5-14(26)12-13)23-18(15)25(19)8-11-28-20;1-12-21-10-13(11-22-12)18-23-15-14-4-7-27-20(2,3)17(14)28-16(15)19(24-18)25-5-8-26-9-6-25;2*1-10-22-8-11(9-23-10)14-25-15(27-2-5-29-6-3-27)12-16(26-14)28-4-7-30-13(17(28)24-12)18(19,20)21/h4-7H,8-13H2,1-3H3,(H2,23,24,30);3-5,12,26H,6-11H2,1-2H3;10-11H,4-9H2,1-3H3;2*8-9,13H,2-7H2,1H3/t;;;2*13-/m...10/s1. The molecule has 43 nitrogen and oxygen atoms in total. The molecule has 0 unspecified atom stereocenters. The molecule has 23 heterocycles. The van der Waals surface area contributed by atoms with E-state index in [-0.39, 0.29) is 55.3 Å². The Morgan fingerprint density at radius 1 is 0.378 bits per heavy atom. The Morgan fingerprint density at radius 2 is 0.723 bits per heavy atom. The zero-order valence-electron chi connectivity index (χ0n) is 83.0. The molecule has 0 spiro atoms. The van der Waals surface area contributed by atoms with Crippen LogP contribution in [0, 0.1) is 20.8 Å². The van der Waals surface area contributed by atoms with Crippen LogP contribution >= 0.6 is 11.3 Å². The lowest BCUT2D eigenvalue weighted by Crippen LogP contribution is -2.37. The molecule has 5 fully saturated rings. The number of phenols is 1. The Labute approximate surface area is 847 Å². The largest absolute Gasteiger partial charge is 0.508 e. The summed E-state index contributed by atoms with van der Waals surface area (Å²) in [5.41, 5.74) is 9.94. The predicted molar refractivity (Wildman–Crippen MR) is 532 cm³/mol. The van der Waals surface area contributed by atoms with Crippen molar-refractivity contribution in [3.8, 4) is 62.7 Å². The minimum absolute atomic E-state index is 0.0808. The summed E-state index contributed by atoms with van der Waals surface area (Å²) < 4.78 is 145. The molecule has 0 aliphatic carbocycles. The highest BCUT2D eigenvalue weighted by Crippen LogP contribution is 2.49. The summed E-state index contributed by atoms with van der Waals surface area (Å²) in [6.07, 6.45) is -2.45. The molecule has 0 radical (unpaired) electrons. The Morgan fingerprint density at radius 3 is 1.11 bits per heavy atom. The first-order valence-electron chi connectivity index (χ1n) is 49.0. The number of carbonyl (C=O) groups excluding carboxylic acids is 1. The van der Waals surface area contributed by atoms with Crippen molar-refractivity contribution in [1.82, 2.24) is 123 Å². The molecule has 10 aliphatic rings. The number of ether oxygens (including phenoxy) is 10. The van der Waals surface area contributed by atoms with Crippen LogP contribution in [0.5, 0.6) is 5.75 Å². The van der Waals surface area contributed by atoms with Crippen molar-refractivity contribution >= 4 is 107 Å². The maximum Gasteiger partial charge on any atom is 0.421 e. The Balaban J connectivity index is 0.000000108. The van der Waals surface area contributed by atoms with E-state index in [4.69, 9.17) is 87.2 Å². The SMILES string of the molecule is CC1(C)OCCn2c1nc1c(N3CCOCC3)nc(-c3cccc(O)c3)nc12.CNC(=O)Nc1ccc(-c2nc(N3CCOCC3)c3nc4n(c3n2)CCOC4(C)C)cc1.Cc1ncc(-c2nc(N3CCOCC3)c3nc4n(c3n2)CCO[C@@H]4C(F)(F)F)cn1.Cc1ncc(-c2nc(N3CCOCC3)c3nc4n(c3n2)CCO[C@H]4C(F)(F)F)cn1.Cc1ncc(-c2nc(N3CCOCC3)c3sc4c(c3n2)CCOC4(C)C)cn1. The van der Waals surface area contributed by atoms with Crippen LogP contribution < -0.4 is 35.1 Å². The number of carbonyl (C=O) groups is 1. The number of hydrogen-bond acceptors (Lipinski definition) is 38. The number of nitrogens with zero attached hydrogens (tertiary/aromatic N) is 29. The number of halogens is 6. The summed E-state index contributed by atoms with van der Waals surface area (Å²) >= 11 is 1.77. The topological polar surface area (TPSA) is 447 Å². The van der Waals surface area contributed by atoms with Crippen LogP contribution in [0.15, 0.2) is 85.7 Å². The number of amides is 2. The number of benzene rings is 2. The van der Waals surface area contributed by atoms with Crippen molar-refractivity contribution in [3.63, 3.8) is 0 Å². The van der Waals surface area contributed by atoms with Crippen LogP contribution in [0.2, 0.25) is 0 Å². The van der Waals surface area contributed by atoms with E-state index in [0.717, 1.165) is 130 Å². The van der Waals surface area contributed by atoms with Gasteiger partial charge >= 0.3 is 18.4 Å². The second kappa shape index (κ2) is 41.4. The van der Waals surface area contributed by atoms with Gasteiger partial charge in [0.15, 0.2) is 103 Å². The number of nitrogens with one attached hydrogen (secondary N) is 2. The van der Waals surface area contributed by atoms with Crippen LogP contribution in [-0.4, -0.2) is 313 Å². The molecule has 50 heteroatoms. The second-order valence-corrected chi connectivity index (χ2v) is 38.9. The lowest BCUT2D eigenvalue weighted by molar-refractivity contribution is -0.233. The Bertz CT molecular complexity index is 7220. The molecular weight excluding hydrogens is 1950 g/mol. The normalized spacial score (nSPS) is 19.1. The van der Waals surface area contributed by atoms with Crippen molar-refractivity contribution in [3.05, 3.63) is 137 Å². The number of aryl methyl sites for hydroxylation is 3. The van der Waals surface area contributed by atoms with E-state index in [1.807, 2.05) is 74.8 Å². The number of fused-ring (bicyclic) bond motifs is 15. The van der Waals surface area contributed by atoms with Gasteiger partial charge in [-0.25, -0.2) is 104 Å². The van der Waals surface area contributed by atoms with E-state index in [1.54, 1.807) is 87.6 Å². The summed E-state index contributed by atoms with van der Waals surface area (Å²) in [6, 6.07) is 14.3. The smallest absolute Gasteiger partial charge is 0.421 e. The van der Waals surface area contributed by atoms with Gasteiger partial charge < -0.3 is 106 Å². The molecule has 3 N–H and O–H groups in total.